The standard InChI is InChI=1S/C22H32N6O/c1-2-24-22(25-12-8-15-27-14-7-3-4-11-21(27)29)26-17-19-9-5-6-10-20(19)28-16-13-23-18-28/h5-6,9-10,13,16,18H,2-4,7-8,11-12,14-15,17H2,1H3,(H2,24,25,26). The molecule has 7 heteroatoms. The molecule has 2 N–H and O–H groups in total. The molecular weight excluding hydrogens is 364 g/mol. The van der Waals surface area contributed by atoms with Gasteiger partial charge in [-0.2, -0.15) is 0 Å². The summed E-state index contributed by atoms with van der Waals surface area (Å²) in [4.78, 5) is 23.0. The number of aliphatic imine (C=N–C) groups is 1. The first-order valence-corrected chi connectivity index (χ1v) is 10.6. The number of nitrogens with one attached hydrogen (secondary N) is 2. The van der Waals surface area contributed by atoms with Gasteiger partial charge in [0.25, 0.3) is 0 Å². The van der Waals surface area contributed by atoms with Crippen molar-refractivity contribution in [3.05, 3.63) is 48.5 Å². The molecule has 0 atom stereocenters. The lowest BCUT2D eigenvalue weighted by atomic mass is 10.2. The normalized spacial score (nSPS) is 15.3. The number of carbonyl (C=O) groups is 1. The van der Waals surface area contributed by atoms with E-state index in [0.29, 0.717) is 18.9 Å². The highest BCUT2D eigenvalue weighted by atomic mass is 16.2. The first-order valence-electron chi connectivity index (χ1n) is 10.6. The van der Waals surface area contributed by atoms with Crippen LogP contribution in [0.2, 0.25) is 0 Å². The number of hydrogen-bond donors (Lipinski definition) is 2. The lowest BCUT2D eigenvalue weighted by Crippen LogP contribution is -2.39. The predicted molar refractivity (Wildman–Crippen MR) is 116 cm³/mol. The maximum atomic E-state index is 12.1. The molecule has 0 unspecified atom stereocenters. The Bertz CT molecular complexity index is 786. The number of nitrogens with zero attached hydrogens (tertiary/aromatic N) is 4. The first kappa shape index (κ1) is 20.9. The van der Waals surface area contributed by atoms with Crippen LogP contribution in [0.25, 0.3) is 5.69 Å². The zero-order valence-electron chi connectivity index (χ0n) is 17.3. The Morgan fingerprint density at radius 1 is 1.21 bits per heavy atom. The van der Waals surface area contributed by atoms with Crippen molar-refractivity contribution in [3.63, 3.8) is 0 Å². The van der Waals surface area contributed by atoms with Gasteiger partial charge in [0, 0.05) is 45.0 Å². The third-order valence-corrected chi connectivity index (χ3v) is 5.09. The van der Waals surface area contributed by atoms with Gasteiger partial charge in [0.15, 0.2) is 5.96 Å². The molecule has 0 bridgehead atoms. The number of guanidine groups is 1. The van der Waals surface area contributed by atoms with E-state index >= 15 is 0 Å². The molecule has 3 rings (SSSR count). The molecule has 29 heavy (non-hydrogen) atoms. The summed E-state index contributed by atoms with van der Waals surface area (Å²) in [5, 5.41) is 6.70. The fourth-order valence-corrected chi connectivity index (χ4v) is 3.56. The summed E-state index contributed by atoms with van der Waals surface area (Å²) < 4.78 is 2.00. The number of aromatic nitrogens is 2. The molecule has 2 heterocycles. The van der Waals surface area contributed by atoms with Gasteiger partial charge in [0.2, 0.25) is 5.91 Å². The van der Waals surface area contributed by atoms with E-state index in [-0.39, 0.29) is 0 Å². The van der Waals surface area contributed by atoms with Gasteiger partial charge < -0.3 is 20.1 Å². The van der Waals surface area contributed by atoms with Crippen LogP contribution in [-0.4, -0.2) is 52.5 Å². The predicted octanol–water partition coefficient (Wildman–Crippen LogP) is 2.72. The third kappa shape index (κ3) is 6.34. The van der Waals surface area contributed by atoms with Crippen molar-refractivity contribution >= 4 is 11.9 Å². The Kier molecular flexibility index (Phi) is 8.10. The van der Waals surface area contributed by atoms with Gasteiger partial charge >= 0.3 is 0 Å². The average molecular weight is 397 g/mol. The number of amides is 1. The number of rotatable bonds is 8. The summed E-state index contributed by atoms with van der Waals surface area (Å²) in [6.45, 7) is 5.95. The molecule has 0 aliphatic carbocycles. The molecule has 0 spiro atoms. The van der Waals surface area contributed by atoms with Crippen LogP contribution >= 0.6 is 0 Å². The van der Waals surface area contributed by atoms with E-state index in [9.17, 15) is 4.79 Å². The van der Waals surface area contributed by atoms with Crippen LogP contribution in [0, 0.1) is 0 Å². The smallest absolute Gasteiger partial charge is 0.222 e. The van der Waals surface area contributed by atoms with Crippen LogP contribution in [0.3, 0.4) is 0 Å². The van der Waals surface area contributed by atoms with E-state index in [0.717, 1.165) is 69.1 Å². The summed E-state index contributed by atoms with van der Waals surface area (Å²) in [5.74, 6) is 1.11. The van der Waals surface area contributed by atoms with E-state index in [1.165, 1.54) is 0 Å². The summed E-state index contributed by atoms with van der Waals surface area (Å²) in [7, 11) is 0. The maximum Gasteiger partial charge on any atom is 0.222 e. The van der Waals surface area contributed by atoms with Gasteiger partial charge in [-0.05, 0) is 37.8 Å². The molecule has 1 amide bonds. The lowest BCUT2D eigenvalue weighted by molar-refractivity contribution is -0.130. The molecule has 1 fully saturated rings. The van der Waals surface area contributed by atoms with Crippen molar-refractivity contribution in [2.75, 3.05) is 26.2 Å². The zero-order chi connectivity index (χ0) is 20.3. The van der Waals surface area contributed by atoms with Gasteiger partial charge in [-0.3, -0.25) is 4.79 Å². The molecule has 1 aromatic carbocycles. The highest BCUT2D eigenvalue weighted by Gasteiger charge is 2.15. The van der Waals surface area contributed by atoms with Gasteiger partial charge in [0.1, 0.15) is 0 Å². The summed E-state index contributed by atoms with van der Waals surface area (Å²) in [6, 6.07) is 8.22. The molecule has 1 saturated heterocycles. The number of likely N-dealkylation sites (tertiary alicyclic amines) is 1. The molecule has 156 valence electrons. The topological polar surface area (TPSA) is 74.6 Å². The summed E-state index contributed by atoms with van der Waals surface area (Å²) >= 11 is 0. The highest BCUT2D eigenvalue weighted by Crippen LogP contribution is 2.15. The second kappa shape index (κ2) is 11.2. The Hall–Kier alpha value is -2.83. The molecule has 1 aromatic heterocycles. The van der Waals surface area contributed by atoms with E-state index in [1.54, 1.807) is 12.5 Å². The van der Waals surface area contributed by atoms with Crippen LogP contribution in [0.15, 0.2) is 48.0 Å². The number of carbonyl (C=O) groups excluding carboxylic acids is 1. The second-order valence-electron chi connectivity index (χ2n) is 7.27. The second-order valence-corrected chi connectivity index (χ2v) is 7.27. The van der Waals surface area contributed by atoms with E-state index in [2.05, 4.69) is 34.7 Å². The molecular formula is C22H32N6O. The van der Waals surface area contributed by atoms with Crippen LogP contribution in [0.5, 0.6) is 0 Å². The van der Waals surface area contributed by atoms with Gasteiger partial charge in [-0.15, -0.1) is 0 Å². The van der Waals surface area contributed by atoms with Crippen LogP contribution in [-0.2, 0) is 11.3 Å². The van der Waals surface area contributed by atoms with Gasteiger partial charge in [0.05, 0.1) is 18.6 Å². The Morgan fingerprint density at radius 2 is 2.10 bits per heavy atom. The Labute approximate surface area is 173 Å². The van der Waals surface area contributed by atoms with Crippen molar-refractivity contribution in [1.82, 2.24) is 25.1 Å². The quantitative estimate of drug-likeness (QED) is 0.409. The largest absolute Gasteiger partial charge is 0.357 e. The minimum atomic E-state index is 0.305. The Morgan fingerprint density at radius 3 is 2.93 bits per heavy atom. The van der Waals surface area contributed by atoms with Gasteiger partial charge in [-0.25, -0.2) is 9.98 Å². The van der Waals surface area contributed by atoms with Crippen LogP contribution in [0.4, 0.5) is 0 Å². The van der Waals surface area contributed by atoms with Crippen molar-refractivity contribution in [1.29, 1.82) is 0 Å². The molecule has 1 aliphatic rings. The molecule has 1 aliphatic heterocycles. The lowest BCUT2D eigenvalue weighted by Gasteiger charge is -2.20. The van der Waals surface area contributed by atoms with E-state index in [1.807, 2.05) is 27.8 Å². The summed E-state index contributed by atoms with van der Waals surface area (Å²) in [5.41, 5.74) is 2.22. The minimum absolute atomic E-state index is 0.305. The number of hydrogen-bond acceptors (Lipinski definition) is 3. The summed E-state index contributed by atoms with van der Waals surface area (Å²) in [6.07, 6.45) is 10.5. The highest BCUT2D eigenvalue weighted by molar-refractivity contribution is 5.79. The van der Waals surface area contributed by atoms with Crippen molar-refractivity contribution in [2.45, 2.75) is 45.6 Å². The molecule has 0 radical (unpaired) electrons. The Balaban J connectivity index is 1.53. The first-order chi connectivity index (χ1) is 14.3. The fourth-order valence-electron chi connectivity index (χ4n) is 3.56. The molecule has 7 nitrogen and oxygen atoms in total. The van der Waals surface area contributed by atoms with Crippen LogP contribution < -0.4 is 10.6 Å². The molecule has 2 aromatic rings. The van der Waals surface area contributed by atoms with Crippen molar-refractivity contribution in [3.8, 4) is 5.69 Å². The third-order valence-electron chi connectivity index (χ3n) is 5.09. The monoisotopic (exact) mass is 396 g/mol. The van der Waals surface area contributed by atoms with Crippen LogP contribution in [0.1, 0.15) is 44.6 Å². The fraction of sp³-hybridized carbons (Fsp3) is 0.500. The average Bonchev–Trinajstić information content (AvgIpc) is 3.20. The number of para-hydroxylation sites is 1. The number of imidazole rings is 1. The SMILES string of the molecule is CCNC(=NCc1ccccc1-n1ccnc1)NCCCN1CCCCCC1=O. The van der Waals surface area contributed by atoms with E-state index in [4.69, 9.17) is 4.99 Å². The van der Waals surface area contributed by atoms with Crippen molar-refractivity contribution < 1.29 is 4.79 Å². The zero-order valence-corrected chi connectivity index (χ0v) is 17.3. The van der Waals surface area contributed by atoms with Crippen molar-refractivity contribution in [2.24, 2.45) is 4.99 Å². The van der Waals surface area contributed by atoms with Gasteiger partial charge in [-0.1, -0.05) is 24.6 Å². The minimum Gasteiger partial charge on any atom is -0.357 e. The van der Waals surface area contributed by atoms with E-state index < -0.39 is 0 Å². The maximum absolute atomic E-state index is 12.1. The number of benzene rings is 1. The molecule has 0 saturated carbocycles.